The van der Waals surface area contributed by atoms with Crippen molar-refractivity contribution in [3.05, 3.63) is 28.5 Å². The van der Waals surface area contributed by atoms with E-state index in [0.29, 0.717) is 0 Å². The number of nitrogens with zero attached hydrogens (tertiary/aromatic N) is 1. The van der Waals surface area contributed by atoms with E-state index < -0.39 is 0 Å². The fourth-order valence-corrected chi connectivity index (χ4v) is 1.48. The fraction of sp³-hybridized carbons (Fsp3) is 0.444. The van der Waals surface area contributed by atoms with Crippen LogP contribution in [0.3, 0.4) is 0 Å². The van der Waals surface area contributed by atoms with Gasteiger partial charge >= 0.3 is 0 Å². The maximum absolute atomic E-state index is 5.40. The first-order valence-electron chi connectivity index (χ1n) is 4.12. The van der Waals surface area contributed by atoms with Gasteiger partial charge in [0.15, 0.2) is 0 Å². The number of hydrogen-bond acceptors (Lipinski definition) is 2. The monoisotopic (exact) mass is 228 g/mol. The molecular formula is C9H13BrN2. The quantitative estimate of drug-likeness (QED) is 0.803. The summed E-state index contributed by atoms with van der Waals surface area (Å²) in [6.45, 7) is 0.779. The van der Waals surface area contributed by atoms with Crippen LogP contribution in [-0.4, -0.2) is 11.5 Å². The highest BCUT2D eigenvalue weighted by molar-refractivity contribution is 9.10. The molecule has 0 unspecified atom stereocenters. The molecule has 0 saturated heterocycles. The SMILES string of the molecule is NCCCCc1cncc(Br)c1. The number of hydrogen-bond donors (Lipinski definition) is 1. The number of aromatic nitrogens is 1. The summed E-state index contributed by atoms with van der Waals surface area (Å²) in [5.74, 6) is 0. The van der Waals surface area contributed by atoms with Crippen molar-refractivity contribution in [2.24, 2.45) is 5.73 Å². The molecule has 0 aliphatic rings. The molecule has 12 heavy (non-hydrogen) atoms. The van der Waals surface area contributed by atoms with E-state index in [0.717, 1.165) is 30.3 Å². The third-order valence-corrected chi connectivity index (χ3v) is 2.11. The van der Waals surface area contributed by atoms with E-state index in [4.69, 9.17) is 5.73 Å². The van der Waals surface area contributed by atoms with Crippen molar-refractivity contribution in [2.45, 2.75) is 19.3 Å². The van der Waals surface area contributed by atoms with E-state index in [1.165, 1.54) is 5.56 Å². The summed E-state index contributed by atoms with van der Waals surface area (Å²) >= 11 is 3.38. The molecule has 0 aliphatic carbocycles. The van der Waals surface area contributed by atoms with Gasteiger partial charge in [-0.2, -0.15) is 0 Å². The highest BCUT2D eigenvalue weighted by Gasteiger charge is 1.93. The Labute approximate surface area is 81.3 Å². The molecule has 0 radical (unpaired) electrons. The standard InChI is InChI=1S/C9H13BrN2/c10-9-5-8(6-12-7-9)3-1-2-4-11/h5-7H,1-4,11H2. The Bertz CT molecular complexity index is 238. The summed E-state index contributed by atoms with van der Waals surface area (Å²) in [5.41, 5.74) is 6.67. The number of halogens is 1. The molecule has 0 fully saturated rings. The highest BCUT2D eigenvalue weighted by Crippen LogP contribution is 2.11. The minimum atomic E-state index is 0.779. The molecule has 0 amide bonds. The zero-order valence-electron chi connectivity index (χ0n) is 6.96. The lowest BCUT2D eigenvalue weighted by Crippen LogP contribution is -1.99. The average Bonchev–Trinajstić information content (AvgIpc) is 2.05. The predicted molar refractivity (Wildman–Crippen MR) is 53.9 cm³/mol. The zero-order valence-corrected chi connectivity index (χ0v) is 8.55. The number of pyridine rings is 1. The van der Waals surface area contributed by atoms with Gasteiger partial charge in [0, 0.05) is 16.9 Å². The molecule has 1 heterocycles. The van der Waals surface area contributed by atoms with Crippen LogP contribution in [0.1, 0.15) is 18.4 Å². The topological polar surface area (TPSA) is 38.9 Å². The summed E-state index contributed by atoms with van der Waals surface area (Å²) in [7, 11) is 0. The second kappa shape index (κ2) is 5.27. The number of nitrogens with two attached hydrogens (primary N) is 1. The number of unbranched alkanes of at least 4 members (excludes halogenated alkanes) is 1. The van der Waals surface area contributed by atoms with Gasteiger partial charge in [-0.25, -0.2) is 0 Å². The largest absolute Gasteiger partial charge is 0.330 e. The molecule has 0 saturated carbocycles. The predicted octanol–water partition coefficient (Wildman–Crippen LogP) is 2.13. The van der Waals surface area contributed by atoms with E-state index in [9.17, 15) is 0 Å². The molecule has 0 aromatic carbocycles. The van der Waals surface area contributed by atoms with Crippen LogP contribution in [0.15, 0.2) is 22.9 Å². The van der Waals surface area contributed by atoms with Gasteiger partial charge in [0.25, 0.3) is 0 Å². The van der Waals surface area contributed by atoms with Crippen LogP contribution in [0.5, 0.6) is 0 Å². The molecule has 66 valence electrons. The van der Waals surface area contributed by atoms with Gasteiger partial charge in [-0.1, -0.05) is 0 Å². The smallest absolute Gasteiger partial charge is 0.0410 e. The van der Waals surface area contributed by atoms with E-state index in [1.807, 2.05) is 6.20 Å². The second-order valence-electron chi connectivity index (χ2n) is 2.76. The maximum Gasteiger partial charge on any atom is 0.0410 e. The van der Waals surface area contributed by atoms with Gasteiger partial charge in [0.2, 0.25) is 0 Å². The average molecular weight is 229 g/mol. The molecule has 2 nitrogen and oxygen atoms in total. The van der Waals surface area contributed by atoms with Gasteiger partial charge in [0.05, 0.1) is 0 Å². The van der Waals surface area contributed by atoms with Crippen molar-refractivity contribution in [3.63, 3.8) is 0 Å². The molecule has 1 aromatic heterocycles. The van der Waals surface area contributed by atoms with E-state index in [-0.39, 0.29) is 0 Å². The number of rotatable bonds is 4. The molecule has 0 aliphatic heterocycles. The summed E-state index contributed by atoms with van der Waals surface area (Å²) in [6, 6.07) is 2.10. The third-order valence-electron chi connectivity index (χ3n) is 1.68. The molecule has 0 spiro atoms. The van der Waals surface area contributed by atoms with Crippen LogP contribution < -0.4 is 5.73 Å². The molecule has 0 bridgehead atoms. The minimum absolute atomic E-state index is 0.779. The summed E-state index contributed by atoms with van der Waals surface area (Å²) < 4.78 is 1.05. The van der Waals surface area contributed by atoms with Crippen molar-refractivity contribution in [2.75, 3.05) is 6.54 Å². The fourth-order valence-electron chi connectivity index (χ4n) is 1.07. The molecule has 0 atom stereocenters. The second-order valence-corrected chi connectivity index (χ2v) is 3.67. The highest BCUT2D eigenvalue weighted by atomic mass is 79.9. The van der Waals surface area contributed by atoms with E-state index in [2.05, 4.69) is 27.0 Å². The summed E-state index contributed by atoms with van der Waals surface area (Å²) in [5, 5.41) is 0. The Morgan fingerprint density at radius 1 is 1.33 bits per heavy atom. The van der Waals surface area contributed by atoms with Gasteiger partial charge < -0.3 is 5.73 Å². The first-order chi connectivity index (χ1) is 5.83. The van der Waals surface area contributed by atoms with Crippen molar-refractivity contribution in [1.29, 1.82) is 0 Å². The Hall–Kier alpha value is -0.410. The molecule has 2 N–H and O–H groups in total. The van der Waals surface area contributed by atoms with Crippen molar-refractivity contribution in [1.82, 2.24) is 4.98 Å². The molecule has 1 aromatic rings. The number of aryl methyl sites for hydroxylation is 1. The first-order valence-corrected chi connectivity index (χ1v) is 4.91. The van der Waals surface area contributed by atoms with Crippen molar-refractivity contribution < 1.29 is 0 Å². The lowest BCUT2D eigenvalue weighted by atomic mass is 10.1. The van der Waals surface area contributed by atoms with E-state index >= 15 is 0 Å². The van der Waals surface area contributed by atoms with Gasteiger partial charge in [0.1, 0.15) is 0 Å². The lowest BCUT2D eigenvalue weighted by Gasteiger charge is -1.99. The third kappa shape index (κ3) is 3.32. The van der Waals surface area contributed by atoms with Crippen LogP contribution in [0.4, 0.5) is 0 Å². The van der Waals surface area contributed by atoms with Crippen LogP contribution in [0.25, 0.3) is 0 Å². The van der Waals surface area contributed by atoms with Crippen LogP contribution in [-0.2, 0) is 6.42 Å². The molecule has 1 rings (SSSR count). The Kier molecular flexibility index (Phi) is 4.25. The molecule has 3 heteroatoms. The first kappa shape index (κ1) is 9.68. The van der Waals surface area contributed by atoms with Gasteiger partial charge in [-0.15, -0.1) is 0 Å². The van der Waals surface area contributed by atoms with E-state index in [1.54, 1.807) is 6.20 Å². The maximum atomic E-state index is 5.40. The lowest BCUT2D eigenvalue weighted by molar-refractivity contribution is 0.742. The summed E-state index contributed by atoms with van der Waals surface area (Å²) in [4.78, 5) is 4.08. The Morgan fingerprint density at radius 2 is 2.17 bits per heavy atom. The van der Waals surface area contributed by atoms with Crippen molar-refractivity contribution >= 4 is 15.9 Å². The van der Waals surface area contributed by atoms with Gasteiger partial charge in [-0.05, 0) is 53.4 Å². The minimum Gasteiger partial charge on any atom is -0.330 e. The summed E-state index contributed by atoms with van der Waals surface area (Å²) in [6.07, 6.45) is 7.01. The Balaban J connectivity index is 2.41. The normalized spacial score (nSPS) is 10.2. The Morgan fingerprint density at radius 3 is 2.83 bits per heavy atom. The molecular weight excluding hydrogens is 216 g/mol. The van der Waals surface area contributed by atoms with Crippen LogP contribution in [0, 0.1) is 0 Å². The van der Waals surface area contributed by atoms with Gasteiger partial charge in [-0.3, -0.25) is 4.98 Å². The zero-order chi connectivity index (χ0) is 8.81. The van der Waals surface area contributed by atoms with Crippen molar-refractivity contribution in [3.8, 4) is 0 Å². The van der Waals surface area contributed by atoms with Crippen LogP contribution in [0.2, 0.25) is 0 Å². The van der Waals surface area contributed by atoms with Crippen LogP contribution >= 0.6 is 15.9 Å².